The minimum atomic E-state index is -0.817. The summed E-state index contributed by atoms with van der Waals surface area (Å²) < 4.78 is 1.44. The van der Waals surface area contributed by atoms with E-state index in [0.29, 0.717) is 13.0 Å². The van der Waals surface area contributed by atoms with E-state index >= 15 is 0 Å². The molecule has 0 amide bonds. The molecule has 0 saturated heterocycles. The predicted octanol–water partition coefficient (Wildman–Crippen LogP) is 0.353. The van der Waals surface area contributed by atoms with E-state index in [1.807, 2.05) is 6.92 Å². The minimum absolute atomic E-state index is 0.190. The van der Waals surface area contributed by atoms with Gasteiger partial charge in [-0.25, -0.2) is 4.98 Å². The van der Waals surface area contributed by atoms with Crippen LogP contribution >= 0.6 is 0 Å². The summed E-state index contributed by atoms with van der Waals surface area (Å²) in [6, 6.07) is 0. The van der Waals surface area contributed by atoms with Gasteiger partial charge in [0.25, 0.3) is 5.56 Å². The van der Waals surface area contributed by atoms with Crippen LogP contribution in [0.15, 0.2) is 17.2 Å². The van der Waals surface area contributed by atoms with Crippen molar-refractivity contribution in [2.75, 3.05) is 11.9 Å². The molecule has 5 nitrogen and oxygen atoms in total. The molecule has 0 spiro atoms. The summed E-state index contributed by atoms with van der Waals surface area (Å²) in [6.07, 6.45) is 3.75. The molecule has 15 heavy (non-hydrogen) atoms. The number of aromatic nitrogens is 2. The number of nitrogens with zero attached hydrogens (tertiary/aromatic N) is 2. The van der Waals surface area contributed by atoms with Crippen molar-refractivity contribution in [2.45, 2.75) is 25.9 Å². The van der Waals surface area contributed by atoms with Gasteiger partial charge < -0.3 is 15.0 Å². The van der Waals surface area contributed by atoms with Gasteiger partial charge in [0.1, 0.15) is 0 Å². The first-order valence-corrected chi connectivity index (χ1v) is 4.94. The number of nitrogens with one attached hydrogen (secondary N) is 1. The van der Waals surface area contributed by atoms with E-state index in [4.69, 9.17) is 0 Å². The number of rotatable bonds is 4. The van der Waals surface area contributed by atoms with E-state index in [0.717, 1.165) is 0 Å². The largest absolute Gasteiger partial charge is 0.388 e. The number of anilines is 1. The molecule has 1 atom stereocenters. The summed E-state index contributed by atoms with van der Waals surface area (Å²) in [7, 11) is 1.66. The molecule has 0 saturated carbocycles. The van der Waals surface area contributed by atoms with Gasteiger partial charge in [0.15, 0.2) is 5.82 Å². The highest BCUT2D eigenvalue weighted by molar-refractivity contribution is 5.31. The molecule has 1 aromatic heterocycles. The Labute approximate surface area is 88.8 Å². The molecule has 1 heterocycles. The molecule has 1 unspecified atom stereocenters. The van der Waals surface area contributed by atoms with Crippen molar-refractivity contribution in [2.24, 2.45) is 7.05 Å². The van der Waals surface area contributed by atoms with E-state index in [1.165, 1.54) is 4.57 Å². The maximum Gasteiger partial charge on any atom is 0.293 e. The zero-order valence-electron chi connectivity index (χ0n) is 9.32. The summed E-state index contributed by atoms with van der Waals surface area (Å²) in [5.74, 6) is 0.272. The zero-order valence-corrected chi connectivity index (χ0v) is 9.32. The van der Waals surface area contributed by atoms with Gasteiger partial charge >= 0.3 is 0 Å². The van der Waals surface area contributed by atoms with Gasteiger partial charge in [-0.2, -0.15) is 0 Å². The third-order valence-electron chi connectivity index (χ3n) is 2.42. The van der Waals surface area contributed by atoms with Crippen LogP contribution in [0.4, 0.5) is 5.82 Å². The van der Waals surface area contributed by atoms with Gasteiger partial charge in [-0.3, -0.25) is 4.79 Å². The fraction of sp³-hybridized carbons (Fsp3) is 0.600. The quantitative estimate of drug-likeness (QED) is 0.754. The second-order valence-electron chi connectivity index (χ2n) is 3.90. The topological polar surface area (TPSA) is 67.2 Å². The maximum atomic E-state index is 11.5. The van der Waals surface area contributed by atoms with Crippen LogP contribution in [0.3, 0.4) is 0 Å². The fourth-order valence-corrected chi connectivity index (χ4v) is 1.02. The number of hydrogen-bond donors (Lipinski definition) is 2. The SMILES string of the molecule is CCC(C)(O)CNc1nccn(C)c1=O. The van der Waals surface area contributed by atoms with Gasteiger partial charge in [0.05, 0.1) is 5.60 Å². The molecular weight excluding hydrogens is 194 g/mol. The summed E-state index contributed by atoms with van der Waals surface area (Å²) in [5, 5.41) is 12.6. The zero-order chi connectivity index (χ0) is 11.5. The molecule has 0 radical (unpaired) electrons. The van der Waals surface area contributed by atoms with E-state index in [2.05, 4.69) is 10.3 Å². The van der Waals surface area contributed by atoms with Crippen molar-refractivity contribution >= 4 is 5.82 Å². The fourth-order valence-electron chi connectivity index (χ4n) is 1.02. The molecule has 0 bridgehead atoms. The molecule has 2 N–H and O–H groups in total. The molecular formula is C10H17N3O2. The molecule has 0 aliphatic rings. The second kappa shape index (κ2) is 4.44. The van der Waals surface area contributed by atoms with Crippen LogP contribution in [-0.4, -0.2) is 26.8 Å². The summed E-state index contributed by atoms with van der Waals surface area (Å²) in [4.78, 5) is 15.5. The summed E-state index contributed by atoms with van der Waals surface area (Å²) >= 11 is 0. The van der Waals surface area contributed by atoms with Crippen LogP contribution < -0.4 is 10.9 Å². The van der Waals surface area contributed by atoms with Crippen LogP contribution in [0, 0.1) is 0 Å². The Balaban J connectivity index is 2.75. The lowest BCUT2D eigenvalue weighted by atomic mass is 10.0. The number of aryl methyl sites for hydroxylation is 1. The van der Waals surface area contributed by atoms with E-state index in [1.54, 1.807) is 26.4 Å². The first kappa shape index (κ1) is 11.7. The molecule has 0 aromatic carbocycles. The van der Waals surface area contributed by atoms with E-state index in [-0.39, 0.29) is 11.4 Å². The monoisotopic (exact) mass is 211 g/mol. The molecule has 5 heteroatoms. The Kier molecular flexibility index (Phi) is 3.47. The number of aliphatic hydroxyl groups is 1. The highest BCUT2D eigenvalue weighted by atomic mass is 16.3. The van der Waals surface area contributed by atoms with Gasteiger partial charge in [-0.1, -0.05) is 6.92 Å². The standard InChI is InChI=1S/C10H17N3O2/c1-4-10(2,15)7-12-8-9(14)13(3)6-5-11-8/h5-6,15H,4,7H2,1-3H3,(H,11,12). The van der Waals surface area contributed by atoms with Crippen molar-refractivity contribution in [3.63, 3.8) is 0 Å². The smallest absolute Gasteiger partial charge is 0.293 e. The Hall–Kier alpha value is -1.36. The molecule has 84 valence electrons. The van der Waals surface area contributed by atoms with Crippen molar-refractivity contribution < 1.29 is 5.11 Å². The molecule has 1 rings (SSSR count). The Morgan fingerprint density at radius 1 is 1.67 bits per heavy atom. The molecule has 0 fully saturated rings. The first-order chi connectivity index (χ1) is 6.96. The average Bonchev–Trinajstić information content (AvgIpc) is 2.20. The second-order valence-corrected chi connectivity index (χ2v) is 3.90. The Morgan fingerprint density at radius 2 is 2.33 bits per heavy atom. The van der Waals surface area contributed by atoms with Crippen LogP contribution in [0.25, 0.3) is 0 Å². The summed E-state index contributed by atoms with van der Waals surface area (Å²) in [5.41, 5.74) is -1.01. The third kappa shape index (κ3) is 3.06. The van der Waals surface area contributed by atoms with Gasteiger partial charge in [0, 0.05) is 26.0 Å². The van der Waals surface area contributed by atoms with Crippen molar-refractivity contribution in [1.82, 2.24) is 9.55 Å². The van der Waals surface area contributed by atoms with Crippen molar-refractivity contribution in [3.8, 4) is 0 Å². The Morgan fingerprint density at radius 3 is 2.93 bits per heavy atom. The lowest BCUT2D eigenvalue weighted by Gasteiger charge is -2.21. The third-order valence-corrected chi connectivity index (χ3v) is 2.42. The van der Waals surface area contributed by atoms with Crippen LogP contribution in [0.5, 0.6) is 0 Å². The molecule has 0 aliphatic heterocycles. The average molecular weight is 211 g/mol. The number of hydrogen-bond acceptors (Lipinski definition) is 4. The van der Waals surface area contributed by atoms with Gasteiger partial charge in [-0.15, -0.1) is 0 Å². The van der Waals surface area contributed by atoms with Crippen LogP contribution in [0.1, 0.15) is 20.3 Å². The normalized spacial score (nSPS) is 14.7. The van der Waals surface area contributed by atoms with Crippen molar-refractivity contribution in [3.05, 3.63) is 22.7 Å². The highest BCUT2D eigenvalue weighted by Gasteiger charge is 2.17. The Bertz CT molecular complexity index is 384. The van der Waals surface area contributed by atoms with E-state index in [9.17, 15) is 9.90 Å². The van der Waals surface area contributed by atoms with Crippen LogP contribution in [-0.2, 0) is 7.05 Å². The van der Waals surface area contributed by atoms with Crippen LogP contribution in [0.2, 0.25) is 0 Å². The lowest BCUT2D eigenvalue weighted by Crippen LogP contribution is -2.35. The van der Waals surface area contributed by atoms with Crippen molar-refractivity contribution in [1.29, 1.82) is 0 Å². The lowest BCUT2D eigenvalue weighted by molar-refractivity contribution is 0.0696. The molecule has 1 aromatic rings. The summed E-state index contributed by atoms with van der Waals surface area (Å²) in [6.45, 7) is 3.92. The molecule has 0 aliphatic carbocycles. The highest BCUT2D eigenvalue weighted by Crippen LogP contribution is 2.08. The predicted molar refractivity (Wildman–Crippen MR) is 58.9 cm³/mol. The van der Waals surface area contributed by atoms with Gasteiger partial charge in [-0.05, 0) is 13.3 Å². The van der Waals surface area contributed by atoms with Gasteiger partial charge in [0.2, 0.25) is 0 Å². The maximum absolute atomic E-state index is 11.5. The first-order valence-electron chi connectivity index (χ1n) is 4.94. The van der Waals surface area contributed by atoms with E-state index < -0.39 is 5.60 Å². The minimum Gasteiger partial charge on any atom is -0.388 e.